The number of rotatable bonds is 3. The first-order chi connectivity index (χ1) is 13.1. The van der Waals surface area contributed by atoms with Crippen molar-refractivity contribution in [1.82, 2.24) is 14.8 Å². The Morgan fingerprint density at radius 2 is 1.30 bits per heavy atom. The third kappa shape index (κ3) is 3.21. The second kappa shape index (κ2) is 7.12. The summed E-state index contributed by atoms with van der Waals surface area (Å²) >= 11 is 3.61. The summed E-state index contributed by atoms with van der Waals surface area (Å²) in [6.45, 7) is 6.37. The molecule has 0 N–H and O–H groups in total. The lowest BCUT2D eigenvalue weighted by Gasteiger charge is -2.17. The molecule has 0 spiro atoms. The van der Waals surface area contributed by atoms with E-state index in [2.05, 4.69) is 87.9 Å². The Labute approximate surface area is 167 Å². The van der Waals surface area contributed by atoms with Crippen LogP contribution in [0.1, 0.15) is 16.7 Å². The molecule has 3 nitrogen and oxygen atoms in total. The minimum Gasteiger partial charge on any atom is -0.274 e. The topological polar surface area (TPSA) is 30.7 Å². The Balaban J connectivity index is 2.07. The van der Waals surface area contributed by atoms with Crippen LogP contribution in [0.15, 0.2) is 71.2 Å². The van der Waals surface area contributed by atoms with Crippen molar-refractivity contribution in [2.45, 2.75) is 20.8 Å². The van der Waals surface area contributed by atoms with Gasteiger partial charge in [-0.3, -0.25) is 4.57 Å². The molecule has 0 unspecified atom stereocenters. The summed E-state index contributed by atoms with van der Waals surface area (Å²) in [6, 6.07) is 22.8. The second-order valence-corrected chi connectivity index (χ2v) is 7.67. The molecule has 1 aromatic heterocycles. The molecule has 0 fully saturated rings. The van der Waals surface area contributed by atoms with Gasteiger partial charge in [0, 0.05) is 15.6 Å². The van der Waals surface area contributed by atoms with E-state index < -0.39 is 0 Å². The van der Waals surface area contributed by atoms with Gasteiger partial charge in [0.1, 0.15) is 0 Å². The number of hydrogen-bond donors (Lipinski definition) is 0. The highest BCUT2D eigenvalue weighted by molar-refractivity contribution is 9.10. The molecular weight excluding hydrogens is 398 g/mol. The highest BCUT2D eigenvalue weighted by Gasteiger charge is 2.20. The molecule has 4 rings (SSSR count). The molecule has 4 heteroatoms. The summed E-state index contributed by atoms with van der Waals surface area (Å²) in [5.41, 5.74) is 6.79. The van der Waals surface area contributed by atoms with Crippen molar-refractivity contribution in [3.05, 3.63) is 87.9 Å². The molecular formula is C23H20BrN3. The van der Waals surface area contributed by atoms with E-state index in [4.69, 9.17) is 0 Å². The van der Waals surface area contributed by atoms with Gasteiger partial charge in [0.25, 0.3) is 0 Å². The highest BCUT2D eigenvalue weighted by atomic mass is 79.9. The molecule has 4 aromatic rings. The van der Waals surface area contributed by atoms with E-state index in [1.165, 1.54) is 16.7 Å². The number of aromatic nitrogens is 3. The van der Waals surface area contributed by atoms with E-state index in [1.54, 1.807) is 0 Å². The molecule has 27 heavy (non-hydrogen) atoms. The number of aryl methyl sites for hydroxylation is 3. The van der Waals surface area contributed by atoms with Gasteiger partial charge in [-0.25, -0.2) is 0 Å². The van der Waals surface area contributed by atoms with Gasteiger partial charge in [-0.15, -0.1) is 10.2 Å². The van der Waals surface area contributed by atoms with Gasteiger partial charge in [-0.05, 0) is 49.6 Å². The van der Waals surface area contributed by atoms with Crippen molar-refractivity contribution in [3.63, 3.8) is 0 Å². The molecule has 0 atom stereocenters. The van der Waals surface area contributed by atoms with Gasteiger partial charge in [0.2, 0.25) is 0 Å². The third-order valence-corrected chi connectivity index (χ3v) is 5.22. The fourth-order valence-corrected chi connectivity index (χ4v) is 4.21. The quantitative estimate of drug-likeness (QED) is 0.392. The summed E-state index contributed by atoms with van der Waals surface area (Å²) in [4.78, 5) is 0. The molecule has 0 aliphatic carbocycles. The van der Waals surface area contributed by atoms with Crippen LogP contribution in [0.3, 0.4) is 0 Å². The lowest BCUT2D eigenvalue weighted by Crippen LogP contribution is -2.05. The van der Waals surface area contributed by atoms with Crippen LogP contribution in [0.4, 0.5) is 0 Å². The summed E-state index contributed by atoms with van der Waals surface area (Å²) in [5.74, 6) is 1.71. The zero-order valence-corrected chi connectivity index (χ0v) is 17.2. The van der Waals surface area contributed by atoms with Crippen molar-refractivity contribution < 1.29 is 0 Å². The first-order valence-corrected chi connectivity index (χ1v) is 9.69. The second-order valence-electron chi connectivity index (χ2n) is 6.75. The lowest BCUT2D eigenvalue weighted by atomic mass is 10.1. The Kier molecular flexibility index (Phi) is 4.66. The molecule has 3 aromatic carbocycles. The van der Waals surface area contributed by atoms with E-state index in [0.717, 1.165) is 32.9 Å². The van der Waals surface area contributed by atoms with Gasteiger partial charge < -0.3 is 0 Å². The van der Waals surface area contributed by atoms with Gasteiger partial charge in [0.15, 0.2) is 11.6 Å². The van der Waals surface area contributed by atoms with Crippen LogP contribution in [-0.2, 0) is 0 Å². The van der Waals surface area contributed by atoms with Crippen molar-refractivity contribution in [1.29, 1.82) is 0 Å². The van der Waals surface area contributed by atoms with E-state index in [0.29, 0.717) is 0 Å². The summed E-state index contributed by atoms with van der Waals surface area (Å²) in [5, 5.41) is 9.19. The van der Waals surface area contributed by atoms with Crippen LogP contribution in [-0.4, -0.2) is 14.8 Å². The fraction of sp³-hybridized carbons (Fsp3) is 0.130. The van der Waals surface area contributed by atoms with E-state index in [-0.39, 0.29) is 0 Å². The maximum Gasteiger partial charge on any atom is 0.169 e. The predicted molar refractivity (Wildman–Crippen MR) is 114 cm³/mol. The molecule has 0 radical (unpaired) electrons. The molecule has 0 aliphatic rings. The molecule has 1 heterocycles. The highest BCUT2D eigenvalue weighted by Crippen LogP contribution is 2.33. The Morgan fingerprint density at radius 1 is 0.704 bits per heavy atom. The predicted octanol–water partition coefficient (Wildman–Crippen LogP) is 6.29. The van der Waals surface area contributed by atoms with E-state index in [9.17, 15) is 0 Å². The normalized spacial score (nSPS) is 11.0. The van der Waals surface area contributed by atoms with Crippen molar-refractivity contribution in [3.8, 4) is 28.5 Å². The molecule has 0 saturated heterocycles. The molecule has 0 aliphatic heterocycles. The minimum absolute atomic E-state index is 0.849. The van der Waals surface area contributed by atoms with Crippen LogP contribution >= 0.6 is 15.9 Å². The minimum atomic E-state index is 0.849. The van der Waals surface area contributed by atoms with Crippen LogP contribution in [0.25, 0.3) is 28.5 Å². The summed E-state index contributed by atoms with van der Waals surface area (Å²) in [7, 11) is 0. The number of halogens is 1. The van der Waals surface area contributed by atoms with E-state index >= 15 is 0 Å². The van der Waals surface area contributed by atoms with Crippen LogP contribution in [0.2, 0.25) is 0 Å². The number of benzene rings is 3. The standard InChI is InChI=1S/C23H20BrN3/c1-15-9-7-8-12-20(15)23-26-25-22(18-10-5-4-6-11-18)27(23)21-16(2)13-19(24)14-17(21)3/h4-14H,1-3H3. The third-order valence-electron chi connectivity index (χ3n) is 4.76. The average molecular weight is 418 g/mol. The fourth-order valence-electron chi connectivity index (χ4n) is 3.52. The zero-order valence-electron chi connectivity index (χ0n) is 15.6. The SMILES string of the molecule is Cc1ccccc1-c1nnc(-c2ccccc2)n1-c1c(C)cc(Br)cc1C. The van der Waals surface area contributed by atoms with Crippen molar-refractivity contribution in [2.75, 3.05) is 0 Å². The van der Waals surface area contributed by atoms with Crippen LogP contribution < -0.4 is 0 Å². The maximum absolute atomic E-state index is 4.61. The molecule has 0 saturated carbocycles. The Morgan fingerprint density at radius 3 is 1.96 bits per heavy atom. The molecule has 134 valence electrons. The Hall–Kier alpha value is -2.72. The van der Waals surface area contributed by atoms with Gasteiger partial charge in [-0.2, -0.15) is 0 Å². The Bertz CT molecular complexity index is 1090. The van der Waals surface area contributed by atoms with E-state index in [1.807, 2.05) is 30.3 Å². The first-order valence-electron chi connectivity index (χ1n) is 8.90. The molecule has 0 bridgehead atoms. The zero-order chi connectivity index (χ0) is 19.0. The summed E-state index contributed by atoms with van der Waals surface area (Å²) < 4.78 is 3.27. The number of hydrogen-bond acceptors (Lipinski definition) is 2. The largest absolute Gasteiger partial charge is 0.274 e. The monoisotopic (exact) mass is 417 g/mol. The first kappa shape index (κ1) is 17.7. The van der Waals surface area contributed by atoms with Crippen LogP contribution in [0, 0.1) is 20.8 Å². The maximum atomic E-state index is 4.61. The van der Waals surface area contributed by atoms with Gasteiger partial charge in [-0.1, -0.05) is 70.5 Å². The van der Waals surface area contributed by atoms with Crippen molar-refractivity contribution >= 4 is 15.9 Å². The van der Waals surface area contributed by atoms with Crippen molar-refractivity contribution in [2.24, 2.45) is 0 Å². The number of nitrogens with zero attached hydrogens (tertiary/aromatic N) is 3. The van der Waals surface area contributed by atoms with Gasteiger partial charge >= 0.3 is 0 Å². The molecule has 0 amide bonds. The van der Waals surface area contributed by atoms with Gasteiger partial charge in [0.05, 0.1) is 5.69 Å². The van der Waals surface area contributed by atoms with Crippen LogP contribution in [0.5, 0.6) is 0 Å². The lowest BCUT2D eigenvalue weighted by molar-refractivity contribution is 1.03. The summed E-state index contributed by atoms with van der Waals surface area (Å²) in [6.07, 6.45) is 0. The average Bonchev–Trinajstić information content (AvgIpc) is 3.06. The smallest absolute Gasteiger partial charge is 0.169 e.